The van der Waals surface area contributed by atoms with Crippen molar-refractivity contribution in [2.24, 2.45) is 5.41 Å². The lowest BCUT2D eigenvalue weighted by Gasteiger charge is -2.37. The monoisotopic (exact) mass is 545 g/mol. The molecule has 0 saturated carbocycles. The van der Waals surface area contributed by atoms with E-state index in [4.69, 9.17) is 16.3 Å². The first-order valence-electron chi connectivity index (χ1n) is 13.1. The predicted octanol–water partition coefficient (Wildman–Crippen LogP) is 6.66. The fourth-order valence-corrected chi connectivity index (χ4v) is 7.14. The molecule has 4 aromatic rings. The van der Waals surface area contributed by atoms with Gasteiger partial charge in [-0.1, -0.05) is 90.5 Å². The van der Waals surface area contributed by atoms with E-state index in [1.165, 1.54) is 0 Å². The van der Waals surface area contributed by atoms with E-state index in [0.717, 1.165) is 11.3 Å². The van der Waals surface area contributed by atoms with Crippen LogP contribution < -0.4 is 9.64 Å². The first-order chi connectivity index (χ1) is 19.5. The number of Topliss-reactive ketones (excluding diaryl/α,β-unsaturated/α-hetero) is 3. The van der Waals surface area contributed by atoms with Crippen molar-refractivity contribution in [1.29, 1.82) is 0 Å². The number of para-hydroxylation sites is 1. The molecule has 3 aliphatic rings. The molecular formula is C34H24ClNO4. The highest BCUT2D eigenvalue weighted by Crippen LogP contribution is 2.61. The topological polar surface area (TPSA) is 63.7 Å². The minimum Gasteiger partial charge on any atom is -0.497 e. The van der Waals surface area contributed by atoms with Gasteiger partial charge in [-0.3, -0.25) is 14.4 Å². The maximum Gasteiger partial charge on any atom is 0.186 e. The Balaban J connectivity index is 1.55. The number of rotatable bonds is 4. The van der Waals surface area contributed by atoms with Crippen LogP contribution in [0.15, 0.2) is 103 Å². The highest BCUT2D eigenvalue weighted by atomic mass is 35.5. The number of nitrogens with zero attached hydrogens (tertiary/aromatic N) is 1. The van der Waals surface area contributed by atoms with Gasteiger partial charge < -0.3 is 9.64 Å². The minimum atomic E-state index is -1.56. The summed E-state index contributed by atoms with van der Waals surface area (Å²) in [5.74, 6) is -0.990. The molecule has 6 heteroatoms. The van der Waals surface area contributed by atoms with Gasteiger partial charge in [0, 0.05) is 33.3 Å². The van der Waals surface area contributed by atoms with Crippen LogP contribution in [-0.4, -0.2) is 36.5 Å². The van der Waals surface area contributed by atoms with E-state index >= 15 is 0 Å². The van der Waals surface area contributed by atoms with Crippen LogP contribution in [0.1, 0.15) is 48.1 Å². The van der Waals surface area contributed by atoms with Crippen LogP contribution in [-0.2, 0) is 0 Å². The molecule has 2 heterocycles. The number of halogens is 1. The summed E-state index contributed by atoms with van der Waals surface area (Å²) in [6, 6.07) is 27.4. The van der Waals surface area contributed by atoms with Crippen molar-refractivity contribution in [2.75, 3.05) is 12.0 Å². The van der Waals surface area contributed by atoms with Crippen molar-refractivity contribution >= 4 is 40.7 Å². The van der Waals surface area contributed by atoms with Gasteiger partial charge in [0.25, 0.3) is 0 Å². The van der Waals surface area contributed by atoms with Crippen molar-refractivity contribution in [3.05, 3.63) is 136 Å². The van der Waals surface area contributed by atoms with Gasteiger partial charge in [-0.05, 0) is 41.5 Å². The molecule has 3 unspecified atom stereocenters. The van der Waals surface area contributed by atoms with Crippen molar-refractivity contribution in [3.8, 4) is 5.75 Å². The van der Waals surface area contributed by atoms with Gasteiger partial charge in [-0.15, -0.1) is 0 Å². The van der Waals surface area contributed by atoms with E-state index in [1.54, 1.807) is 73.8 Å². The summed E-state index contributed by atoms with van der Waals surface area (Å²) < 4.78 is 5.42. The highest BCUT2D eigenvalue weighted by Gasteiger charge is 2.71. The van der Waals surface area contributed by atoms with Crippen LogP contribution in [0, 0.1) is 5.41 Å². The summed E-state index contributed by atoms with van der Waals surface area (Å²) in [5.41, 5.74) is 2.05. The number of carbonyl (C=O) groups is 3. The normalized spacial score (nSPS) is 21.8. The maximum atomic E-state index is 14.7. The first kappa shape index (κ1) is 24.6. The Bertz CT molecular complexity index is 1720. The average molecular weight is 546 g/mol. The number of carbonyl (C=O) groups excluding carboxylic acids is 3. The average Bonchev–Trinajstić information content (AvgIpc) is 3.43. The number of methoxy groups -OCH3 is 1. The van der Waals surface area contributed by atoms with Crippen molar-refractivity contribution < 1.29 is 19.1 Å². The molecule has 7 rings (SSSR count). The van der Waals surface area contributed by atoms with Gasteiger partial charge in [0.05, 0.1) is 13.2 Å². The van der Waals surface area contributed by atoms with Gasteiger partial charge in [-0.2, -0.15) is 0 Å². The van der Waals surface area contributed by atoms with Gasteiger partial charge in [-0.25, -0.2) is 0 Å². The number of anilines is 1. The molecular weight excluding hydrogens is 522 g/mol. The van der Waals surface area contributed by atoms with Crippen LogP contribution in [0.2, 0.25) is 5.02 Å². The molecule has 2 aliphatic heterocycles. The van der Waals surface area contributed by atoms with Crippen LogP contribution in [0.5, 0.6) is 5.75 Å². The maximum absolute atomic E-state index is 14.7. The molecule has 1 saturated heterocycles. The molecule has 1 fully saturated rings. The summed E-state index contributed by atoms with van der Waals surface area (Å²) >= 11 is 6.50. The van der Waals surface area contributed by atoms with Gasteiger partial charge in [0.15, 0.2) is 17.3 Å². The lowest BCUT2D eigenvalue weighted by Crippen LogP contribution is -2.48. The van der Waals surface area contributed by atoms with E-state index in [-0.39, 0.29) is 17.3 Å². The zero-order valence-electron chi connectivity index (χ0n) is 21.6. The van der Waals surface area contributed by atoms with Gasteiger partial charge in [0.1, 0.15) is 17.2 Å². The minimum absolute atomic E-state index is 0.201. The quantitative estimate of drug-likeness (QED) is 0.212. The Morgan fingerprint density at radius 1 is 0.850 bits per heavy atom. The third kappa shape index (κ3) is 3.24. The van der Waals surface area contributed by atoms with Crippen LogP contribution in [0.25, 0.3) is 6.08 Å². The fraction of sp³-hybridized carbons (Fsp3) is 0.147. The summed E-state index contributed by atoms with van der Waals surface area (Å²) in [6.07, 6.45) is 3.87. The molecule has 0 radical (unpaired) electrons. The lowest BCUT2D eigenvalue weighted by molar-refractivity contribution is 0.0666. The Morgan fingerprint density at radius 3 is 2.27 bits per heavy atom. The smallest absolute Gasteiger partial charge is 0.186 e. The predicted molar refractivity (Wildman–Crippen MR) is 155 cm³/mol. The number of ketones is 3. The van der Waals surface area contributed by atoms with E-state index in [0.29, 0.717) is 33.0 Å². The SMILES string of the molecule is COc1cccc(C(=O)C2C(c3cccc(Cl)c3)C3(C(=O)c4ccccc4C3=O)C3C=Cc4ccccc4N23)c1. The zero-order chi connectivity index (χ0) is 27.6. The van der Waals surface area contributed by atoms with E-state index in [1.807, 2.05) is 47.4 Å². The second-order valence-electron chi connectivity index (χ2n) is 10.4. The largest absolute Gasteiger partial charge is 0.497 e. The van der Waals surface area contributed by atoms with Crippen molar-refractivity contribution in [1.82, 2.24) is 0 Å². The number of benzene rings is 4. The van der Waals surface area contributed by atoms with Crippen LogP contribution in [0.3, 0.4) is 0 Å². The second-order valence-corrected chi connectivity index (χ2v) is 10.9. The van der Waals surface area contributed by atoms with E-state index in [9.17, 15) is 14.4 Å². The summed E-state index contributed by atoms with van der Waals surface area (Å²) in [5, 5.41) is 0.469. The third-order valence-corrected chi connectivity index (χ3v) is 8.78. The Hall–Kier alpha value is -4.48. The Kier molecular flexibility index (Phi) is 5.55. The van der Waals surface area contributed by atoms with Crippen LogP contribution in [0.4, 0.5) is 5.69 Å². The molecule has 1 aliphatic carbocycles. The number of hydrogen-bond acceptors (Lipinski definition) is 5. The summed E-state index contributed by atoms with van der Waals surface area (Å²) in [7, 11) is 1.55. The molecule has 5 nitrogen and oxygen atoms in total. The fourth-order valence-electron chi connectivity index (χ4n) is 6.94. The molecule has 40 heavy (non-hydrogen) atoms. The molecule has 1 spiro atoms. The number of fused-ring (bicyclic) bond motifs is 5. The molecule has 0 amide bonds. The molecule has 0 N–H and O–H groups in total. The Labute approximate surface area is 236 Å². The van der Waals surface area contributed by atoms with Crippen LogP contribution >= 0.6 is 11.6 Å². The zero-order valence-corrected chi connectivity index (χ0v) is 22.3. The molecule has 196 valence electrons. The lowest BCUT2D eigenvalue weighted by atomic mass is 9.64. The van der Waals surface area contributed by atoms with Crippen molar-refractivity contribution in [3.63, 3.8) is 0 Å². The van der Waals surface area contributed by atoms with E-state index < -0.39 is 23.4 Å². The first-order valence-corrected chi connectivity index (χ1v) is 13.5. The summed E-state index contributed by atoms with van der Waals surface area (Å²) in [4.78, 5) is 45.9. The Morgan fingerprint density at radius 2 is 1.55 bits per heavy atom. The van der Waals surface area contributed by atoms with Crippen molar-refractivity contribution in [2.45, 2.75) is 18.0 Å². The molecule has 3 atom stereocenters. The van der Waals surface area contributed by atoms with E-state index in [2.05, 4.69) is 0 Å². The standard InChI is InChI=1S/C34H24ClNO4/c1-40-24-12-7-10-22(19-24)31(37)30-29(21-9-6-11-23(35)18-21)34(32(38)25-13-3-4-14-26(25)33(34)39)28-17-16-20-8-2-5-15-27(20)36(28)30/h2-19,28-30H,1H3. The summed E-state index contributed by atoms with van der Waals surface area (Å²) in [6.45, 7) is 0. The van der Waals surface area contributed by atoms with Gasteiger partial charge >= 0.3 is 0 Å². The third-order valence-electron chi connectivity index (χ3n) is 8.54. The molecule has 4 aromatic carbocycles. The highest BCUT2D eigenvalue weighted by molar-refractivity contribution is 6.33. The number of ether oxygens (including phenoxy) is 1. The number of hydrogen-bond donors (Lipinski definition) is 0. The second kappa shape index (κ2) is 9.04. The van der Waals surface area contributed by atoms with Gasteiger partial charge in [0.2, 0.25) is 0 Å². The molecule has 0 bridgehead atoms. The molecule has 0 aromatic heterocycles.